The number of rotatable bonds is 33. The molecule has 2 aromatic heterocycles. The second-order valence-corrected chi connectivity index (χ2v) is 19.5. The van der Waals surface area contributed by atoms with Gasteiger partial charge in [-0.25, -0.2) is 9.78 Å². The van der Waals surface area contributed by atoms with Gasteiger partial charge in [-0.15, -0.1) is 0 Å². The van der Waals surface area contributed by atoms with Crippen LogP contribution in [0.4, 0.5) is 0 Å². The van der Waals surface area contributed by atoms with Crippen LogP contribution in [0.15, 0.2) is 43.0 Å². The lowest BCUT2D eigenvalue weighted by Gasteiger charge is -2.29. The smallest absolute Gasteiger partial charge is 0.326 e. The first kappa shape index (κ1) is 63.8. The summed E-state index contributed by atoms with van der Waals surface area (Å²) in [5.41, 5.74) is 13.2. The highest BCUT2D eigenvalue weighted by molar-refractivity contribution is 5.99. The molecule has 27 heteroatoms. The van der Waals surface area contributed by atoms with Crippen LogP contribution in [0.2, 0.25) is 0 Å². The van der Waals surface area contributed by atoms with Crippen molar-refractivity contribution in [2.24, 2.45) is 23.3 Å². The number of nitrogens with one attached hydrogen (secondary N) is 10. The monoisotopic (exact) mass is 1080 g/mol. The predicted octanol–water partition coefficient (Wildman–Crippen LogP) is -2.56. The van der Waals surface area contributed by atoms with Gasteiger partial charge in [0.05, 0.1) is 24.6 Å². The molecule has 0 bridgehead atoms. The minimum Gasteiger partial charge on any atom is -0.481 e. The molecule has 0 aliphatic heterocycles. The number of carboxylic acid groups (broad SMARTS) is 2. The van der Waals surface area contributed by atoms with Gasteiger partial charge in [-0.3, -0.25) is 43.2 Å². The number of aliphatic carboxylic acids is 2. The van der Waals surface area contributed by atoms with E-state index in [2.05, 4.69) is 57.5 Å². The first-order chi connectivity index (χ1) is 36.3. The molecule has 0 aliphatic rings. The standard InChI is InChI=1S/C50H77N13O14/c1-8-25(4)39(61-43(69)32(52)16-17-37(66)67)47(73)58-35(19-29-21-54-33-14-10-9-13-31(29)33)46(72)63-41(28(7)65)49(75)59-36(20-30-22-53-23-55-30)45(71)56-26(5)42(68)62-40(27(6)64)48(74)57-34(15-11-12-18-51)44(70)60-38(24(2)3)50(76)77/h9-10,13-14,21-28,32,34-36,38-41,54,64-65H,8,11-12,15-20,51-52H2,1-7H3,(H,53,55)(H,56,71)(H,57,74)(H,58,73)(H,59,75)(H,60,70)(H,61,69)(H,62,68)(H,63,72)(H,66,67)(H,76,77)/t25-,26-,27+,28+,32-,34-,35-,36-,38-,39-,40-,41-/m0/s1. The number of aromatic amines is 2. The third kappa shape index (κ3) is 19.9. The molecular weight excluding hydrogens is 1010 g/mol. The van der Waals surface area contributed by atoms with Crippen LogP contribution in [0.25, 0.3) is 10.9 Å². The molecule has 0 radical (unpaired) electrons. The SMILES string of the molecule is CC[C@H](C)[C@H](NC(=O)[C@@H](N)CCC(=O)O)C(=O)N[C@@H](Cc1c[nH]c2ccccc12)C(=O)N[C@H](C(=O)N[C@@H](Cc1cnc[nH]1)C(=O)N[C@@H](C)C(=O)N[C@H](C(=O)N[C@@H](CCCCN)C(=O)N[C@H](C(=O)O)C(C)C)[C@@H](C)O)[C@@H](C)O. The van der Waals surface area contributed by atoms with Crippen molar-refractivity contribution in [2.45, 2.75) is 166 Å². The van der Waals surface area contributed by atoms with E-state index < -0.39 is 144 Å². The number of nitrogens with zero attached hydrogens (tertiary/aromatic N) is 1. The summed E-state index contributed by atoms with van der Waals surface area (Å²) >= 11 is 0. The van der Waals surface area contributed by atoms with E-state index in [-0.39, 0.29) is 32.2 Å². The Bertz CT molecular complexity index is 2480. The van der Waals surface area contributed by atoms with E-state index in [1.165, 1.54) is 33.3 Å². The molecule has 1 aromatic carbocycles. The van der Waals surface area contributed by atoms with Crippen LogP contribution in [0, 0.1) is 11.8 Å². The van der Waals surface area contributed by atoms with Gasteiger partial charge < -0.3 is 84.4 Å². The molecule has 0 unspecified atom stereocenters. The lowest BCUT2D eigenvalue weighted by Crippen LogP contribution is -2.63. The van der Waals surface area contributed by atoms with Crippen LogP contribution in [0.5, 0.6) is 0 Å². The van der Waals surface area contributed by atoms with Gasteiger partial charge in [0.1, 0.15) is 48.3 Å². The van der Waals surface area contributed by atoms with Gasteiger partial charge in [-0.05, 0) is 76.5 Å². The van der Waals surface area contributed by atoms with Crippen LogP contribution in [-0.2, 0) is 60.8 Å². The average molecular weight is 1080 g/mol. The second-order valence-electron chi connectivity index (χ2n) is 19.5. The van der Waals surface area contributed by atoms with E-state index in [4.69, 9.17) is 16.6 Å². The van der Waals surface area contributed by atoms with Crippen molar-refractivity contribution in [1.82, 2.24) is 57.5 Å². The molecule has 12 atom stereocenters. The zero-order chi connectivity index (χ0) is 57.7. The Kier molecular flexibility index (Phi) is 25.6. The highest BCUT2D eigenvalue weighted by Gasteiger charge is 2.37. The number of para-hydroxylation sites is 1. The van der Waals surface area contributed by atoms with Crippen molar-refractivity contribution in [1.29, 1.82) is 0 Å². The van der Waals surface area contributed by atoms with E-state index in [1.54, 1.807) is 58.2 Å². The summed E-state index contributed by atoms with van der Waals surface area (Å²) in [7, 11) is 0. The number of nitrogens with two attached hydrogens (primary N) is 2. The second kappa shape index (κ2) is 30.9. The summed E-state index contributed by atoms with van der Waals surface area (Å²) in [5, 5.41) is 61.0. The number of H-pyrrole nitrogens is 2. The molecule has 8 amide bonds. The molecular formula is C50H77N13O14. The van der Waals surface area contributed by atoms with Gasteiger partial charge in [-0.1, -0.05) is 52.3 Å². The zero-order valence-corrected chi connectivity index (χ0v) is 44.4. The summed E-state index contributed by atoms with van der Waals surface area (Å²) in [5.74, 6) is -11.0. The normalized spacial score (nSPS) is 16.1. The highest BCUT2D eigenvalue weighted by atomic mass is 16.4. The van der Waals surface area contributed by atoms with Crippen molar-refractivity contribution in [3.05, 3.63) is 54.2 Å². The molecule has 0 spiro atoms. The molecule has 3 aromatic rings. The number of hydrogen-bond acceptors (Lipinski definition) is 15. The molecule has 426 valence electrons. The van der Waals surface area contributed by atoms with Crippen molar-refractivity contribution >= 4 is 70.1 Å². The van der Waals surface area contributed by atoms with Crippen LogP contribution < -0.4 is 54.0 Å². The molecule has 2 heterocycles. The maximum Gasteiger partial charge on any atom is 0.326 e. The van der Waals surface area contributed by atoms with E-state index in [1.807, 2.05) is 0 Å². The largest absolute Gasteiger partial charge is 0.481 e. The summed E-state index contributed by atoms with van der Waals surface area (Å²) in [6.45, 7) is 10.5. The molecule has 0 fully saturated rings. The Labute approximate surface area is 445 Å². The fourth-order valence-electron chi connectivity index (χ4n) is 7.96. The predicted molar refractivity (Wildman–Crippen MR) is 278 cm³/mol. The van der Waals surface area contributed by atoms with Crippen LogP contribution in [-0.4, -0.2) is 168 Å². The minimum atomic E-state index is -1.79. The number of aliphatic hydroxyl groups excluding tert-OH is 2. The highest BCUT2D eigenvalue weighted by Crippen LogP contribution is 2.20. The number of fused-ring (bicyclic) bond motifs is 1. The lowest BCUT2D eigenvalue weighted by atomic mass is 9.96. The lowest BCUT2D eigenvalue weighted by molar-refractivity contribution is -0.143. The summed E-state index contributed by atoms with van der Waals surface area (Å²) in [6.07, 6.45) is 1.25. The van der Waals surface area contributed by atoms with Crippen LogP contribution in [0.1, 0.15) is 98.2 Å². The number of benzene rings is 1. The van der Waals surface area contributed by atoms with Crippen molar-refractivity contribution in [3.8, 4) is 0 Å². The summed E-state index contributed by atoms with van der Waals surface area (Å²) < 4.78 is 0. The fraction of sp³-hybridized carbons (Fsp3) is 0.580. The molecule has 0 saturated carbocycles. The van der Waals surface area contributed by atoms with Gasteiger partial charge in [-0.2, -0.15) is 0 Å². The third-order valence-corrected chi connectivity index (χ3v) is 12.8. The van der Waals surface area contributed by atoms with Crippen LogP contribution >= 0.6 is 0 Å². The van der Waals surface area contributed by atoms with E-state index in [0.29, 0.717) is 41.4 Å². The Balaban J connectivity index is 1.87. The maximum atomic E-state index is 14.4. The van der Waals surface area contributed by atoms with E-state index in [9.17, 15) is 63.3 Å². The number of carbonyl (C=O) groups excluding carboxylic acids is 8. The molecule has 3 rings (SSSR count). The fourth-order valence-corrected chi connectivity index (χ4v) is 7.96. The van der Waals surface area contributed by atoms with Crippen molar-refractivity contribution in [2.75, 3.05) is 6.54 Å². The molecule has 77 heavy (non-hydrogen) atoms. The summed E-state index contributed by atoms with van der Waals surface area (Å²) in [6, 6.07) is -5.94. The number of amides is 8. The molecule has 27 nitrogen and oxygen atoms in total. The average Bonchev–Trinajstić information content (AvgIpc) is 4.05. The van der Waals surface area contributed by atoms with Crippen LogP contribution in [0.3, 0.4) is 0 Å². The van der Waals surface area contributed by atoms with Gasteiger partial charge >= 0.3 is 11.9 Å². The first-order valence-corrected chi connectivity index (χ1v) is 25.5. The van der Waals surface area contributed by atoms with Crippen molar-refractivity contribution < 1.29 is 68.4 Å². The topological polar surface area (TPSA) is 444 Å². The quantitative estimate of drug-likeness (QED) is 0.0279. The Morgan fingerprint density at radius 1 is 0.610 bits per heavy atom. The van der Waals surface area contributed by atoms with E-state index >= 15 is 0 Å². The van der Waals surface area contributed by atoms with Gasteiger partial charge in [0.25, 0.3) is 0 Å². The van der Waals surface area contributed by atoms with Gasteiger partial charge in [0.2, 0.25) is 47.3 Å². The number of unbranched alkanes of at least 4 members (excludes halogenated alkanes) is 1. The zero-order valence-electron chi connectivity index (χ0n) is 44.4. The molecule has 0 saturated heterocycles. The maximum absolute atomic E-state index is 14.4. The number of aromatic nitrogens is 3. The number of carboxylic acids is 2. The number of aliphatic hydroxyl groups is 2. The Hall–Kier alpha value is -7.49. The Morgan fingerprint density at radius 3 is 1.69 bits per heavy atom. The van der Waals surface area contributed by atoms with E-state index in [0.717, 1.165) is 0 Å². The van der Waals surface area contributed by atoms with Gasteiger partial charge in [0, 0.05) is 48.3 Å². The minimum absolute atomic E-state index is 0.0346. The van der Waals surface area contributed by atoms with Gasteiger partial charge in [0.15, 0.2) is 0 Å². The summed E-state index contributed by atoms with van der Waals surface area (Å²) in [4.78, 5) is 143. The first-order valence-electron chi connectivity index (χ1n) is 25.5. The number of hydrogen-bond donors (Lipinski definition) is 16. The third-order valence-electron chi connectivity index (χ3n) is 12.8. The Morgan fingerprint density at radius 2 is 1.14 bits per heavy atom. The number of imidazole rings is 1. The van der Waals surface area contributed by atoms with Crippen molar-refractivity contribution in [3.63, 3.8) is 0 Å². The molecule has 0 aliphatic carbocycles. The number of carbonyl (C=O) groups is 10. The molecule has 18 N–H and O–H groups in total.